The number of rotatable bonds is 2. The minimum absolute atomic E-state index is 0.00553. The van der Waals surface area contributed by atoms with Crippen molar-refractivity contribution in [2.24, 2.45) is 5.92 Å². The van der Waals surface area contributed by atoms with Crippen LogP contribution < -0.4 is 0 Å². The molecule has 0 saturated heterocycles. The molecule has 1 rings (SSSR count). The predicted octanol–water partition coefficient (Wildman–Crippen LogP) is 2.04. The fourth-order valence-electron chi connectivity index (χ4n) is 1.43. The Morgan fingerprint density at radius 3 is 2.17 bits per heavy atom. The summed E-state index contributed by atoms with van der Waals surface area (Å²) in [5.41, 5.74) is -0.00553. The zero-order valence-electron chi connectivity index (χ0n) is 8.55. The van der Waals surface area contributed by atoms with Gasteiger partial charge in [-0.3, -0.25) is 4.79 Å². The van der Waals surface area contributed by atoms with Gasteiger partial charge in [0, 0.05) is 19.0 Å². The van der Waals surface area contributed by atoms with Crippen LogP contribution in [-0.4, -0.2) is 22.9 Å². The normalized spacial score (nSPS) is 17.7. The van der Waals surface area contributed by atoms with Gasteiger partial charge in [0.05, 0.1) is 0 Å². The molecule has 1 aliphatic rings. The average molecular weight is 169 g/mol. The van der Waals surface area contributed by atoms with Crippen LogP contribution >= 0.6 is 0 Å². The second-order valence-corrected chi connectivity index (χ2v) is 4.74. The van der Waals surface area contributed by atoms with Crippen molar-refractivity contribution in [1.82, 2.24) is 4.90 Å². The van der Waals surface area contributed by atoms with Gasteiger partial charge in [-0.1, -0.05) is 0 Å². The third-order valence-electron chi connectivity index (χ3n) is 2.33. The third-order valence-corrected chi connectivity index (χ3v) is 2.33. The second-order valence-electron chi connectivity index (χ2n) is 4.74. The molecule has 0 atom stereocenters. The summed E-state index contributed by atoms with van der Waals surface area (Å²) in [6.07, 6.45) is 2.61. The summed E-state index contributed by atoms with van der Waals surface area (Å²) in [7, 11) is 0. The summed E-state index contributed by atoms with van der Waals surface area (Å²) in [6.45, 7) is 8.90. The van der Waals surface area contributed by atoms with Gasteiger partial charge in [0.2, 0.25) is 5.91 Å². The Hall–Kier alpha value is -0.530. The molecule has 1 aliphatic carbocycles. The van der Waals surface area contributed by atoms with E-state index in [1.165, 1.54) is 12.8 Å². The first-order valence-corrected chi connectivity index (χ1v) is 4.69. The quantitative estimate of drug-likeness (QED) is 0.619. The van der Waals surface area contributed by atoms with E-state index in [1.807, 2.05) is 4.90 Å². The minimum atomic E-state index is -0.00553. The third kappa shape index (κ3) is 2.50. The van der Waals surface area contributed by atoms with Crippen molar-refractivity contribution in [3.63, 3.8) is 0 Å². The molecule has 0 unspecified atom stereocenters. The fourth-order valence-corrected chi connectivity index (χ4v) is 1.43. The number of carbonyl (C=O) groups is 1. The molecular weight excluding hydrogens is 150 g/mol. The second kappa shape index (κ2) is 3.08. The van der Waals surface area contributed by atoms with E-state index in [-0.39, 0.29) is 11.4 Å². The summed E-state index contributed by atoms with van der Waals surface area (Å²) in [4.78, 5) is 13.3. The lowest BCUT2D eigenvalue weighted by atomic mass is 10.1. The van der Waals surface area contributed by atoms with Gasteiger partial charge in [-0.15, -0.1) is 0 Å². The molecule has 0 heterocycles. The number of hydrogen-bond donors (Lipinski definition) is 0. The van der Waals surface area contributed by atoms with E-state index in [0.29, 0.717) is 0 Å². The van der Waals surface area contributed by atoms with E-state index in [9.17, 15) is 4.79 Å². The zero-order chi connectivity index (χ0) is 9.35. The number of hydrogen-bond acceptors (Lipinski definition) is 1. The van der Waals surface area contributed by atoms with Crippen LogP contribution in [0.25, 0.3) is 0 Å². The largest absolute Gasteiger partial charge is 0.338 e. The molecule has 1 fully saturated rings. The molecule has 1 saturated carbocycles. The highest BCUT2D eigenvalue weighted by atomic mass is 16.2. The first-order valence-electron chi connectivity index (χ1n) is 4.69. The standard InChI is InChI=1S/C10H19NO/c1-8(12)11(10(2,3)4)7-9-5-6-9/h9H,5-7H2,1-4H3. The summed E-state index contributed by atoms with van der Waals surface area (Å²) >= 11 is 0. The number of amides is 1. The average Bonchev–Trinajstić information content (AvgIpc) is 2.61. The van der Waals surface area contributed by atoms with Gasteiger partial charge in [-0.2, -0.15) is 0 Å². The molecule has 0 radical (unpaired) electrons. The van der Waals surface area contributed by atoms with Crippen LogP contribution in [-0.2, 0) is 4.79 Å². The van der Waals surface area contributed by atoms with Crippen LogP contribution in [0, 0.1) is 5.92 Å². The Bertz CT molecular complexity index is 177. The SMILES string of the molecule is CC(=O)N(CC1CC1)C(C)(C)C. The van der Waals surface area contributed by atoms with E-state index in [0.717, 1.165) is 12.5 Å². The van der Waals surface area contributed by atoms with Crippen molar-refractivity contribution in [3.8, 4) is 0 Å². The number of carbonyl (C=O) groups excluding carboxylic acids is 1. The maximum atomic E-state index is 11.3. The Kier molecular flexibility index (Phi) is 2.45. The van der Waals surface area contributed by atoms with Crippen molar-refractivity contribution < 1.29 is 4.79 Å². The first kappa shape index (κ1) is 9.56. The van der Waals surface area contributed by atoms with Crippen LogP contribution in [0.15, 0.2) is 0 Å². The van der Waals surface area contributed by atoms with Crippen molar-refractivity contribution in [2.75, 3.05) is 6.54 Å². The molecule has 0 spiro atoms. The number of nitrogens with zero attached hydrogens (tertiary/aromatic N) is 1. The van der Waals surface area contributed by atoms with Gasteiger partial charge in [0.1, 0.15) is 0 Å². The first-order chi connectivity index (χ1) is 5.41. The topological polar surface area (TPSA) is 20.3 Å². The lowest BCUT2D eigenvalue weighted by Crippen LogP contribution is -2.45. The van der Waals surface area contributed by atoms with Gasteiger partial charge < -0.3 is 4.90 Å². The van der Waals surface area contributed by atoms with Gasteiger partial charge >= 0.3 is 0 Å². The predicted molar refractivity (Wildman–Crippen MR) is 49.9 cm³/mol. The molecule has 0 bridgehead atoms. The monoisotopic (exact) mass is 169 g/mol. The van der Waals surface area contributed by atoms with Crippen molar-refractivity contribution in [2.45, 2.75) is 46.1 Å². The Labute approximate surface area is 74.9 Å². The molecule has 0 N–H and O–H groups in total. The smallest absolute Gasteiger partial charge is 0.219 e. The summed E-state index contributed by atoms with van der Waals surface area (Å²) < 4.78 is 0. The van der Waals surface area contributed by atoms with E-state index < -0.39 is 0 Å². The lowest BCUT2D eigenvalue weighted by Gasteiger charge is -2.35. The van der Waals surface area contributed by atoms with Crippen LogP contribution in [0.4, 0.5) is 0 Å². The maximum absolute atomic E-state index is 11.3. The van der Waals surface area contributed by atoms with E-state index in [1.54, 1.807) is 6.92 Å². The summed E-state index contributed by atoms with van der Waals surface area (Å²) in [5.74, 6) is 0.988. The highest BCUT2D eigenvalue weighted by Gasteiger charge is 2.31. The highest BCUT2D eigenvalue weighted by molar-refractivity contribution is 5.74. The van der Waals surface area contributed by atoms with Crippen LogP contribution in [0.1, 0.15) is 40.5 Å². The van der Waals surface area contributed by atoms with Crippen molar-refractivity contribution in [1.29, 1.82) is 0 Å². The van der Waals surface area contributed by atoms with Crippen LogP contribution in [0.2, 0.25) is 0 Å². The maximum Gasteiger partial charge on any atom is 0.219 e. The molecular formula is C10H19NO. The summed E-state index contributed by atoms with van der Waals surface area (Å²) in [5, 5.41) is 0. The Morgan fingerprint density at radius 1 is 1.42 bits per heavy atom. The molecule has 0 aromatic heterocycles. The molecule has 12 heavy (non-hydrogen) atoms. The summed E-state index contributed by atoms with van der Waals surface area (Å²) in [6, 6.07) is 0. The molecule has 70 valence electrons. The highest BCUT2D eigenvalue weighted by Crippen LogP contribution is 2.31. The van der Waals surface area contributed by atoms with Gasteiger partial charge in [0.25, 0.3) is 0 Å². The van der Waals surface area contributed by atoms with Gasteiger partial charge in [-0.25, -0.2) is 0 Å². The molecule has 2 nitrogen and oxygen atoms in total. The molecule has 0 aliphatic heterocycles. The van der Waals surface area contributed by atoms with Crippen LogP contribution in [0.3, 0.4) is 0 Å². The minimum Gasteiger partial charge on any atom is -0.338 e. The molecule has 1 amide bonds. The fraction of sp³-hybridized carbons (Fsp3) is 0.900. The molecule has 0 aromatic rings. The van der Waals surface area contributed by atoms with E-state index in [2.05, 4.69) is 20.8 Å². The Balaban J connectivity index is 2.53. The van der Waals surface area contributed by atoms with Gasteiger partial charge in [0.15, 0.2) is 0 Å². The lowest BCUT2D eigenvalue weighted by molar-refractivity contribution is -0.133. The van der Waals surface area contributed by atoms with Crippen molar-refractivity contribution in [3.05, 3.63) is 0 Å². The van der Waals surface area contributed by atoms with Gasteiger partial charge in [-0.05, 0) is 39.5 Å². The molecule has 0 aromatic carbocycles. The van der Waals surface area contributed by atoms with Crippen molar-refractivity contribution >= 4 is 5.91 Å². The zero-order valence-corrected chi connectivity index (χ0v) is 8.55. The molecule has 2 heteroatoms. The van der Waals surface area contributed by atoms with E-state index in [4.69, 9.17) is 0 Å². The van der Waals surface area contributed by atoms with Crippen LogP contribution in [0.5, 0.6) is 0 Å². The van der Waals surface area contributed by atoms with E-state index >= 15 is 0 Å². The Morgan fingerprint density at radius 2 is 1.92 bits per heavy atom.